The number of piperazine rings is 1. The van der Waals surface area contributed by atoms with E-state index in [1.807, 2.05) is 36.4 Å². The number of aromatic nitrogens is 3. The molecule has 0 N–H and O–H groups in total. The van der Waals surface area contributed by atoms with Gasteiger partial charge in [-0.25, -0.2) is 4.68 Å². The lowest BCUT2D eigenvalue weighted by Crippen LogP contribution is -2.50. The monoisotopic (exact) mass is 409 g/mol. The van der Waals surface area contributed by atoms with Crippen molar-refractivity contribution in [2.45, 2.75) is 6.54 Å². The Morgan fingerprint density at radius 3 is 2.31 bits per heavy atom. The maximum absolute atomic E-state index is 12.7. The first-order chi connectivity index (χ1) is 14.1. The van der Waals surface area contributed by atoms with Gasteiger partial charge in [-0.15, -0.1) is 0 Å². The van der Waals surface area contributed by atoms with E-state index in [0.29, 0.717) is 23.8 Å². The van der Waals surface area contributed by atoms with Crippen LogP contribution in [-0.2, 0) is 11.3 Å². The second-order valence-corrected chi connectivity index (χ2v) is 7.23. The van der Waals surface area contributed by atoms with Crippen molar-refractivity contribution in [3.05, 3.63) is 76.3 Å². The van der Waals surface area contributed by atoms with Gasteiger partial charge in [0.15, 0.2) is 0 Å². The van der Waals surface area contributed by atoms with Crippen LogP contribution >= 0.6 is 11.6 Å². The smallest absolute Gasteiger partial charge is 0.267 e. The number of benzene rings is 1. The SMILES string of the molecule is O=C(Cn1nc(-c2ccncc2)ccc1=O)N1CCN(c2ccc(Cl)cc2)CC1. The Balaban J connectivity index is 1.41. The van der Waals surface area contributed by atoms with Gasteiger partial charge in [0, 0.05) is 60.9 Å². The van der Waals surface area contributed by atoms with E-state index in [1.54, 1.807) is 23.4 Å². The van der Waals surface area contributed by atoms with E-state index >= 15 is 0 Å². The molecule has 1 aromatic carbocycles. The highest BCUT2D eigenvalue weighted by molar-refractivity contribution is 6.30. The topological polar surface area (TPSA) is 71.3 Å². The van der Waals surface area contributed by atoms with E-state index < -0.39 is 0 Å². The molecule has 0 saturated carbocycles. The minimum atomic E-state index is -0.295. The van der Waals surface area contributed by atoms with Crippen molar-refractivity contribution in [2.75, 3.05) is 31.1 Å². The number of halogens is 1. The fourth-order valence-corrected chi connectivity index (χ4v) is 3.46. The summed E-state index contributed by atoms with van der Waals surface area (Å²) in [6.07, 6.45) is 3.33. The fourth-order valence-electron chi connectivity index (χ4n) is 3.33. The summed E-state index contributed by atoms with van der Waals surface area (Å²) in [5, 5.41) is 5.06. The first-order valence-electron chi connectivity index (χ1n) is 9.37. The van der Waals surface area contributed by atoms with Crippen LogP contribution in [0.25, 0.3) is 11.3 Å². The molecule has 2 aromatic heterocycles. The Hall–Kier alpha value is -3.19. The molecule has 3 aromatic rings. The molecule has 0 aliphatic carbocycles. The molecule has 4 rings (SSSR count). The van der Waals surface area contributed by atoms with Crippen LogP contribution in [-0.4, -0.2) is 51.8 Å². The first-order valence-corrected chi connectivity index (χ1v) is 9.75. The summed E-state index contributed by atoms with van der Waals surface area (Å²) in [6, 6.07) is 14.4. The number of amides is 1. The van der Waals surface area contributed by atoms with Crippen LogP contribution < -0.4 is 10.5 Å². The van der Waals surface area contributed by atoms with Crippen LogP contribution in [0.5, 0.6) is 0 Å². The predicted molar refractivity (Wildman–Crippen MR) is 112 cm³/mol. The summed E-state index contributed by atoms with van der Waals surface area (Å²) >= 11 is 5.95. The van der Waals surface area contributed by atoms with Gasteiger partial charge in [-0.1, -0.05) is 11.6 Å². The summed E-state index contributed by atoms with van der Waals surface area (Å²) in [6.45, 7) is 2.58. The van der Waals surface area contributed by atoms with Gasteiger partial charge in [-0.2, -0.15) is 5.10 Å². The molecular weight excluding hydrogens is 390 g/mol. The highest BCUT2D eigenvalue weighted by Gasteiger charge is 2.22. The molecule has 7 nitrogen and oxygen atoms in total. The average Bonchev–Trinajstić information content (AvgIpc) is 2.76. The van der Waals surface area contributed by atoms with E-state index in [1.165, 1.54) is 10.7 Å². The first kappa shape index (κ1) is 19.1. The third-order valence-electron chi connectivity index (χ3n) is 4.95. The highest BCUT2D eigenvalue weighted by atomic mass is 35.5. The summed E-state index contributed by atoms with van der Waals surface area (Å²) in [7, 11) is 0. The maximum Gasteiger partial charge on any atom is 0.267 e. The number of rotatable bonds is 4. The highest BCUT2D eigenvalue weighted by Crippen LogP contribution is 2.19. The molecule has 0 spiro atoms. The molecule has 0 atom stereocenters. The third kappa shape index (κ3) is 4.46. The molecule has 0 unspecified atom stereocenters. The maximum atomic E-state index is 12.7. The van der Waals surface area contributed by atoms with Gasteiger partial charge in [0.05, 0.1) is 5.69 Å². The van der Waals surface area contributed by atoms with Crippen molar-refractivity contribution in [3.8, 4) is 11.3 Å². The predicted octanol–water partition coefficient (Wildman–Crippen LogP) is 2.31. The number of carbonyl (C=O) groups excluding carboxylic acids is 1. The normalized spacial score (nSPS) is 14.1. The van der Waals surface area contributed by atoms with Crippen LogP contribution in [0.2, 0.25) is 5.02 Å². The van der Waals surface area contributed by atoms with E-state index in [-0.39, 0.29) is 18.0 Å². The Labute approximate surface area is 173 Å². The van der Waals surface area contributed by atoms with Crippen molar-refractivity contribution < 1.29 is 4.79 Å². The van der Waals surface area contributed by atoms with Crippen molar-refractivity contribution in [3.63, 3.8) is 0 Å². The van der Waals surface area contributed by atoms with E-state index in [9.17, 15) is 9.59 Å². The number of nitrogens with zero attached hydrogens (tertiary/aromatic N) is 5. The Morgan fingerprint density at radius 2 is 1.62 bits per heavy atom. The van der Waals surface area contributed by atoms with Gasteiger partial charge in [-0.05, 0) is 42.5 Å². The molecule has 3 heterocycles. The number of hydrogen-bond acceptors (Lipinski definition) is 5. The quantitative estimate of drug-likeness (QED) is 0.661. The van der Waals surface area contributed by atoms with Gasteiger partial charge in [-0.3, -0.25) is 14.6 Å². The second-order valence-electron chi connectivity index (χ2n) is 6.79. The number of anilines is 1. The van der Waals surface area contributed by atoms with Crippen molar-refractivity contribution in [1.82, 2.24) is 19.7 Å². The number of hydrogen-bond donors (Lipinski definition) is 0. The van der Waals surface area contributed by atoms with Crippen LogP contribution in [0.4, 0.5) is 5.69 Å². The van der Waals surface area contributed by atoms with Crippen LogP contribution in [0.3, 0.4) is 0 Å². The molecule has 1 saturated heterocycles. The molecular formula is C21H20ClN5O2. The zero-order chi connectivity index (χ0) is 20.2. The van der Waals surface area contributed by atoms with Crippen LogP contribution in [0.15, 0.2) is 65.7 Å². The molecule has 0 bridgehead atoms. The summed E-state index contributed by atoms with van der Waals surface area (Å²) < 4.78 is 1.23. The molecule has 148 valence electrons. The zero-order valence-electron chi connectivity index (χ0n) is 15.7. The van der Waals surface area contributed by atoms with Gasteiger partial charge < -0.3 is 9.80 Å². The van der Waals surface area contributed by atoms with Crippen molar-refractivity contribution in [1.29, 1.82) is 0 Å². The van der Waals surface area contributed by atoms with Gasteiger partial charge in [0.1, 0.15) is 6.54 Å². The molecule has 8 heteroatoms. The Kier molecular flexibility index (Phi) is 5.57. The molecule has 1 amide bonds. The Morgan fingerprint density at radius 1 is 0.931 bits per heavy atom. The van der Waals surface area contributed by atoms with E-state index in [4.69, 9.17) is 11.6 Å². The van der Waals surface area contributed by atoms with Crippen LogP contribution in [0, 0.1) is 0 Å². The summed E-state index contributed by atoms with van der Waals surface area (Å²) in [5.41, 5.74) is 2.27. The Bertz CT molecular complexity index is 1040. The molecule has 1 aliphatic rings. The average molecular weight is 410 g/mol. The standard InChI is InChI=1S/C21H20ClN5O2/c22-17-1-3-18(4-2-17)25-11-13-26(14-12-25)21(29)15-27-20(28)6-5-19(24-27)16-7-9-23-10-8-16/h1-10H,11-15H2. The van der Waals surface area contributed by atoms with Crippen molar-refractivity contribution >= 4 is 23.2 Å². The van der Waals surface area contributed by atoms with Gasteiger partial charge in [0.2, 0.25) is 5.91 Å². The largest absolute Gasteiger partial charge is 0.368 e. The lowest BCUT2D eigenvalue weighted by Gasteiger charge is -2.36. The van der Waals surface area contributed by atoms with Crippen LogP contribution in [0.1, 0.15) is 0 Å². The number of pyridine rings is 1. The van der Waals surface area contributed by atoms with E-state index in [2.05, 4.69) is 15.0 Å². The zero-order valence-corrected chi connectivity index (χ0v) is 16.5. The molecule has 1 aliphatic heterocycles. The summed E-state index contributed by atoms with van der Waals surface area (Å²) in [5.74, 6) is -0.109. The lowest BCUT2D eigenvalue weighted by atomic mass is 10.2. The minimum Gasteiger partial charge on any atom is -0.368 e. The number of carbonyl (C=O) groups is 1. The van der Waals surface area contributed by atoms with Gasteiger partial charge >= 0.3 is 0 Å². The molecule has 1 fully saturated rings. The van der Waals surface area contributed by atoms with E-state index in [0.717, 1.165) is 24.3 Å². The summed E-state index contributed by atoms with van der Waals surface area (Å²) in [4.78, 5) is 32.9. The fraction of sp³-hybridized carbons (Fsp3) is 0.238. The minimum absolute atomic E-state index is 0.0707. The second kappa shape index (κ2) is 8.45. The third-order valence-corrected chi connectivity index (χ3v) is 5.20. The van der Waals surface area contributed by atoms with Crippen molar-refractivity contribution in [2.24, 2.45) is 0 Å². The van der Waals surface area contributed by atoms with Gasteiger partial charge in [0.25, 0.3) is 5.56 Å². The lowest BCUT2D eigenvalue weighted by molar-refractivity contribution is -0.132. The molecule has 29 heavy (non-hydrogen) atoms. The molecule has 0 radical (unpaired) electrons.